The summed E-state index contributed by atoms with van der Waals surface area (Å²) in [5, 5.41) is 8.31. The lowest BCUT2D eigenvalue weighted by Crippen LogP contribution is -2.31. The van der Waals surface area contributed by atoms with Gasteiger partial charge < -0.3 is 25.6 Å². The molecule has 2 aromatic rings. The number of likely N-dealkylation sites (N-methyl/N-ethyl adjacent to an activating group) is 1. The number of urea groups is 1. The molecule has 3 rings (SSSR count). The third-order valence-corrected chi connectivity index (χ3v) is 5.23. The Morgan fingerprint density at radius 3 is 2.13 bits per heavy atom. The number of piperidine rings is 1. The van der Waals surface area contributed by atoms with Crippen LogP contribution in [0.5, 0.6) is 5.75 Å². The van der Waals surface area contributed by atoms with Crippen molar-refractivity contribution in [1.82, 2.24) is 10.2 Å². The van der Waals surface area contributed by atoms with Gasteiger partial charge in [0.1, 0.15) is 5.75 Å². The van der Waals surface area contributed by atoms with E-state index in [0.29, 0.717) is 18.0 Å². The molecule has 0 aliphatic carbocycles. The van der Waals surface area contributed by atoms with Crippen LogP contribution in [0, 0.1) is 0 Å². The largest absolute Gasteiger partial charge is 0.484 e. The van der Waals surface area contributed by atoms with E-state index in [1.165, 1.54) is 37.9 Å². The summed E-state index contributed by atoms with van der Waals surface area (Å²) in [6, 6.07) is 14.6. The SMILES string of the molecule is CCNC(=O)COc1ccc(NC(=O)Nc2ccc(CCN3CCCCC3)cc2)cc1. The standard InChI is InChI=1S/C24H32N4O3/c1-2-25-23(29)18-31-22-12-10-21(11-13-22)27-24(30)26-20-8-6-19(7-9-20)14-17-28-15-4-3-5-16-28/h6-13H,2-5,14-18H2,1H3,(H,25,29)(H2,26,27,30). The van der Waals surface area contributed by atoms with E-state index in [0.717, 1.165) is 18.7 Å². The zero-order valence-electron chi connectivity index (χ0n) is 18.2. The molecule has 0 bridgehead atoms. The predicted molar refractivity (Wildman–Crippen MR) is 124 cm³/mol. The molecule has 1 aliphatic heterocycles. The van der Waals surface area contributed by atoms with Crippen LogP contribution in [0.2, 0.25) is 0 Å². The van der Waals surface area contributed by atoms with Gasteiger partial charge in [-0.3, -0.25) is 4.79 Å². The molecule has 0 atom stereocenters. The van der Waals surface area contributed by atoms with Crippen LogP contribution in [0.3, 0.4) is 0 Å². The highest BCUT2D eigenvalue weighted by Gasteiger charge is 2.10. The minimum atomic E-state index is -0.308. The molecule has 3 amide bonds. The molecule has 31 heavy (non-hydrogen) atoms. The number of anilines is 2. The molecular formula is C24H32N4O3. The minimum absolute atomic E-state index is 0.0326. The van der Waals surface area contributed by atoms with Crippen LogP contribution in [0.15, 0.2) is 48.5 Å². The maximum atomic E-state index is 12.3. The summed E-state index contributed by atoms with van der Waals surface area (Å²) in [5.74, 6) is 0.402. The highest BCUT2D eigenvalue weighted by molar-refractivity contribution is 5.99. The zero-order valence-corrected chi connectivity index (χ0v) is 18.2. The van der Waals surface area contributed by atoms with Crippen molar-refractivity contribution >= 4 is 23.3 Å². The number of carbonyl (C=O) groups excluding carboxylic acids is 2. The van der Waals surface area contributed by atoms with Gasteiger partial charge in [0.15, 0.2) is 6.61 Å². The van der Waals surface area contributed by atoms with Crippen molar-refractivity contribution in [2.24, 2.45) is 0 Å². The summed E-state index contributed by atoms with van der Waals surface area (Å²) in [6.07, 6.45) is 5.00. The number of ether oxygens (including phenoxy) is 1. The number of carbonyl (C=O) groups is 2. The van der Waals surface area contributed by atoms with Gasteiger partial charge in [-0.25, -0.2) is 4.79 Å². The number of hydrogen-bond donors (Lipinski definition) is 3. The van der Waals surface area contributed by atoms with Crippen molar-refractivity contribution in [3.8, 4) is 5.75 Å². The first-order valence-corrected chi connectivity index (χ1v) is 11.0. The Hall–Kier alpha value is -3.06. The summed E-state index contributed by atoms with van der Waals surface area (Å²) < 4.78 is 5.40. The van der Waals surface area contributed by atoms with Crippen LogP contribution in [-0.4, -0.2) is 49.6 Å². The van der Waals surface area contributed by atoms with Gasteiger partial charge in [0.2, 0.25) is 0 Å². The quantitative estimate of drug-likeness (QED) is 0.571. The van der Waals surface area contributed by atoms with E-state index in [1.54, 1.807) is 24.3 Å². The van der Waals surface area contributed by atoms with Crippen molar-refractivity contribution in [2.45, 2.75) is 32.6 Å². The Morgan fingerprint density at radius 2 is 1.52 bits per heavy atom. The topological polar surface area (TPSA) is 82.7 Å². The number of amides is 3. The Bertz CT molecular complexity index is 831. The normalized spacial score (nSPS) is 14.0. The summed E-state index contributed by atoms with van der Waals surface area (Å²) in [5.41, 5.74) is 2.67. The number of likely N-dealkylation sites (tertiary alicyclic amines) is 1. The summed E-state index contributed by atoms with van der Waals surface area (Å²) in [4.78, 5) is 26.2. The monoisotopic (exact) mass is 424 g/mol. The van der Waals surface area contributed by atoms with Crippen LogP contribution in [-0.2, 0) is 11.2 Å². The van der Waals surface area contributed by atoms with Gasteiger partial charge in [-0.15, -0.1) is 0 Å². The number of nitrogens with zero attached hydrogens (tertiary/aromatic N) is 1. The van der Waals surface area contributed by atoms with Crippen LogP contribution >= 0.6 is 0 Å². The Kier molecular flexibility index (Phi) is 8.72. The first kappa shape index (κ1) is 22.6. The second-order valence-electron chi connectivity index (χ2n) is 7.69. The average Bonchev–Trinajstić information content (AvgIpc) is 2.79. The van der Waals surface area contributed by atoms with Crippen LogP contribution in [0.25, 0.3) is 0 Å². The lowest BCUT2D eigenvalue weighted by Gasteiger charge is -2.26. The molecule has 0 radical (unpaired) electrons. The first-order valence-electron chi connectivity index (χ1n) is 11.0. The van der Waals surface area contributed by atoms with Gasteiger partial charge in [0.25, 0.3) is 5.91 Å². The van der Waals surface area contributed by atoms with Crippen molar-refractivity contribution < 1.29 is 14.3 Å². The fraction of sp³-hybridized carbons (Fsp3) is 0.417. The van der Waals surface area contributed by atoms with Crippen molar-refractivity contribution in [2.75, 3.05) is 43.4 Å². The number of hydrogen-bond acceptors (Lipinski definition) is 4. The fourth-order valence-electron chi connectivity index (χ4n) is 3.55. The second-order valence-corrected chi connectivity index (χ2v) is 7.69. The van der Waals surface area contributed by atoms with Crippen LogP contribution < -0.4 is 20.7 Å². The maximum Gasteiger partial charge on any atom is 0.323 e. The van der Waals surface area contributed by atoms with Crippen LogP contribution in [0.4, 0.5) is 16.2 Å². The lowest BCUT2D eigenvalue weighted by molar-refractivity contribution is -0.122. The second kappa shape index (κ2) is 12.0. The predicted octanol–water partition coefficient (Wildman–Crippen LogP) is 3.87. The molecule has 7 heteroatoms. The van der Waals surface area contributed by atoms with Crippen molar-refractivity contribution in [3.05, 3.63) is 54.1 Å². The third kappa shape index (κ3) is 7.94. The van der Waals surface area contributed by atoms with Gasteiger partial charge in [0, 0.05) is 24.5 Å². The van der Waals surface area contributed by atoms with E-state index in [2.05, 4.69) is 33.0 Å². The number of benzene rings is 2. The smallest absolute Gasteiger partial charge is 0.323 e. The van der Waals surface area contributed by atoms with Crippen molar-refractivity contribution in [1.29, 1.82) is 0 Å². The zero-order chi connectivity index (χ0) is 21.9. The number of rotatable bonds is 9. The molecule has 0 spiro atoms. The van der Waals surface area contributed by atoms with Crippen molar-refractivity contribution in [3.63, 3.8) is 0 Å². The van der Waals surface area contributed by atoms with E-state index in [1.807, 2.05) is 19.1 Å². The minimum Gasteiger partial charge on any atom is -0.484 e. The third-order valence-electron chi connectivity index (χ3n) is 5.23. The highest BCUT2D eigenvalue weighted by Crippen LogP contribution is 2.17. The molecule has 1 heterocycles. The highest BCUT2D eigenvalue weighted by atomic mass is 16.5. The summed E-state index contributed by atoms with van der Waals surface area (Å²) >= 11 is 0. The summed E-state index contributed by atoms with van der Waals surface area (Å²) in [7, 11) is 0. The molecule has 1 fully saturated rings. The lowest BCUT2D eigenvalue weighted by atomic mass is 10.1. The number of nitrogens with one attached hydrogen (secondary N) is 3. The molecule has 7 nitrogen and oxygen atoms in total. The first-order chi connectivity index (χ1) is 15.1. The molecule has 1 aliphatic rings. The molecule has 0 aromatic heterocycles. The molecule has 0 saturated carbocycles. The van der Waals surface area contributed by atoms with Gasteiger partial charge in [0.05, 0.1) is 0 Å². The maximum absolute atomic E-state index is 12.3. The molecule has 1 saturated heterocycles. The molecule has 2 aromatic carbocycles. The van der Waals surface area contributed by atoms with E-state index < -0.39 is 0 Å². The molecule has 0 unspecified atom stereocenters. The Labute approximate surface area is 184 Å². The molecule has 166 valence electrons. The van der Waals surface area contributed by atoms with Gasteiger partial charge in [-0.05, 0) is 81.2 Å². The van der Waals surface area contributed by atoms with E-state index in [4.69, 9.17) is 4.74 Å². The van der Waals surface area contributed by atoms with Gasteiger partial charge >= 0.3 is 6.03 Å². The Balaban J connectivity index is 1.41. The molecule has 3 N–H and O–H groups in total. The molecular weight excluding hydrogens is 392 g/mol. The van der Waals surface area contributed by atoms with Gasteiger partial charge in [-0.2, -0.15) is 0 Å². The van der Waals surface area contributed by atoms with Crippen LogP contribution in [0.1, 0.15) is 31.7 Å². The van der Waals surface area contributed by atoms with Gasteiger partial charge in [-0.1, -0.05) is 18.6 Å². The summed E-state index contributed by atoms with van der Waals surface area (Å²) in [6.45, 7) is 5.91. The van der Waals surface area contributed by atoms with E-state index in [-0.39, 0.29) is 18.5 Å². The fourth-order valence-corrected chi connectivity index (χ4v) is 3.55. The van der Waals surface area contributed by atoms with E-state index in [9.17, 15) is 9.59 Å². The Morgan fingerprint density at radius 1 is 0.903 bits per heavy atom. The van der Waals surface area contributed by atoms with E-state index >= 15 is 0 Å². The average molecular weight is 425 g/mol.